The Bertz CT molecular complexity index is 985. The third-order valence-corrected chi connectivity index (χ3v) is 4.55. The van der Waals surface area contributed by atoms with Crippen molar-refractivity contribution >= 4 is 28.9 Å². The van der Waals surface area contributed by atoms with Crippen LogP contribution < -0.4 is 15.4 Å². The highest BCUT2D eigenvalue weighted by Gasteiger charge is 2.35. The molecule has 0 saturated carbocycles. The molecule has 2 aromatic rings. The van der Waals surface area contributed by atoms with Gasteiger partial charge in [-0.15, -0.1) is 0 Å². The Balaban J connectivity index is 1.42. The first-order chi connectivity index (χ1) is 13.3. The molecule has 2 heterocycles. The van der Waals surface area contributed by atoms with Crippen LogP contribution in [0.25, 0.3) is 0 Å². The molecule has 2 aliphatic heterocycles. The van der Waals surface area contributed by atoms with E-state index in [1.807, 2.05) is 0 Å². The van der Waals surface area contributed by atoms with Gasteiger partial charge in [0.2, 0.25) is 6.10 Å². The third kappa shape index (κ3) is 3.40. The first kappa shape index (κ1) is 18.0. The molecule has 1 unspecified atom stereocenters. The molecular formula is C20H18FN3O4. The molecule has 0 aromatic heterocycles. The van der Waals surface area contributed by atoms with Crippen LogP contribution in [-0.2, 0) is 14.4 Å². The van der Waals surface area contributed by atoms with Crippen LogP contribution in [0.3, 0.4) is 0 Å². The van der Waals surface area contributed by atoms with Crippen LogP contribution in [0, 0.1) is 5.82 Å². The Morgan fingerprint density at radius 1 is 1.25 bits per heavy atom. The molecule has 0 saturated heterocycles. The summed E-state index contributed by atoms with van der Waals surface area (Å²) >= 11 is 0. The van der Waals surface area contributed by atoms with Crippen molar-refractivity contribution in [1.82, 2.24) is 0 Å². The Morgan fingerprint density at radius 3 is 2.75 bits per heavy atom. The Hall–Kier alpha value is -3.42. The number of hydrogen-bond acceptors (Lipinski definition) is 5. The van der Waals surface area contributed by atoms with Crippen molar-refractivity contribution in [3.05, 3.63) is 53.8 Å². The van der Waals surface area contributed by atoms with E-state index in [0.717, 1.165) is 0 Å². The highest BCUT2D eigenvalue weighted by Crippen LogP contribution is 2.35. The molecular weight excluding hydrogens is 365 g/mol. The van der Waals surface area contributed by atoms with Gasteiger partial charge in [-0.1, -0.05) is 17.3 Å². The molecule has 4 rings (SSSR count). The topological polar surface area (TPSA) is 89.0 Å². The molecule has 0 spiro atoms. The van der Waals surface area contributed by atoms with Gasteiger partial charge in [0.05, 0.1) is 11.4 Å². The SMILES string of the molecule is CC1(C)Oc2ccc(NC(=O)C3CC(c4ccc(F)cc4)=NO3)cc2NC1=O. The highest BCUT2D eigenvalue weighted by atomic mass is 19.1. The standard InChI is InChI=1S/C20H18FN3O4/c1-20(2)19(26)23-15-9-13(7-8-16(15)27-20)22-18(25)17-10-14(24-28-17)11-3-5-12(21)6-4-11/h3-9,17H,10H2,1-2H3,(H,22,25)(H,23,26). The number of nitrogens with zero attached hydrogens (tertiary/aromatic N) is 1. The Morgan fingerprint density at radius 2 is 2.00 bits per heavy atom. The number of rotatable bonds is 3. The van der Waals surface area contributed by atoms with Crippen LogP contribution in [0.2, 0.25) is 0 Å². The lowest BCUT2D eigenvalue weighted by Crippen LogP contribution is -2.45. The summed E-state index contributed by atoms with van der Waals surface area (Å²) in [6, 6.07) is 10.8. The summed E-state index contributed by atoms with van der Waals surface area (Å²) in [4.78, 5) is 29.8. The monoisotopic (exact) mass is 383 g/mol. The summed E-state index contributed by atoms with van der Waals surface area (Å²) in [6.07, 6.45) is -0.517. The van der Waals surface area contributed by atoms with Crippen LogP contribution in [0.4, 0.5) is 15.8 Å². The molecule has 2 aliphatic rings. The zero-order valence-corrected chi connectivity index (χ0v) is 15.3. The van der Waals surface area contributed by atoms with Crippen molar-refractivity contribution in [1.29, 1.82) is 0 Å². The molecule has 8 heteroatoms. The number of anilines is 2. The lowest BCUT2D eigenvalue weighted by atomic mass is 10.0. The van der Waals surface area contributed by atoms with E-state index in [1.165, 1.54) is 12.1 Å². The number of benzene rings is 2. The van der Waals surface area contributed by atoms with Crippen molar-refractivity contribution in [3.8, 4) is 5.75 Å². The van der Waals surface area contributed by atoms with Gasteiger partial charge in [-0.25, -0.2) is 4.39 Å². The summed E-state index contributed by atoms with van der Waals surface area (Å²) in [6.45, 7) is 3.36. The number of ether oxygens (including phenoxy) is 1. The van der Waals surface area contributed by atoms with Gasteiger partial charge in [0.1, 0.15) is 11.6 Å². The molecule has 0 fully saturated rings. The summed E-state index contributed by atoms with van der Waals surface area (Å²) in [7, 11) is 0. The van der Waals surface area contributed by atoms with Crippen LogP contribution in [0.5, 0.6) is 5.75 Å². The zero-order chi connectivity index (χ0) is 19.9. The molecule has 0 radical (unpaired) electrons. The second-order valence-corrected chi connectivity index (χ2v) is 7.11. The van der Waals surface area contributed by atoms with E-state index < -0.39 is 11.7 Å². The van der Waals surface area contributed by atoms with Crippen molar-refractivity contribution in [2.75, 3.05) is 10.6 Å². The van der Waals surface area contributed by atoms with Crippen LogP contribution >= 0.6 is 0 Å². The molecule has 7 nitrogen and oxygen atoms in total. The molecule has 2 amide bonds. The minimum absolute atomic E-state index is 0.264. The van der Waals surface area contributed by atoms with Gasteiger partial charge in [0.25, 0.3) is 11.8 Å². The Kier molecular flexibility index (Phi) is 4.26. The summed E-state index contributed by atoms with van der Waals surface area (Å²) < 4.78 is 18.7. The van der Waals surface area contributed by atoms with Gasteiger partial charge < -0.3 is 20.2 Å². The molecule has 0 bridgehead atoms. The lowest BCUT2D eigenvalue weighted by Gasteiger charge is -2.31. The summed E-state index contributed by atoms with van der Waals surface area (Å²) in [5, 5.41) is 9.45. The van der Waals surface area contributed by atoms with Gasteiger partial charge in [-0.3, -0.25) is 9.59 Å². The molecule has 0 aliphatic carbocycles. The lowest BCUT2D eigenvalue weighted by molar-refractivity contribution is -0.129. The summed E-state index contributed by atoms with van der Waals surface area (Å²) in [5.74, 6) is -0.449. The highest BCUT2D eigenvalue weighted by molar-refractivity contribution is 6.06. The fourth-order valence-electron chi connectivity index (χ4n) is 2.94. The average molecular weight is 383 g/mol. The Labute approximate surface area is 160 Å². The van der Waals surface area contributed by atoms with E-state index in [1.54, 1.807) is 44.2 Å². The molecule has 1 atom stereocenters. The minimum Gasteiger partial charge on any atom is -0.476 e. The number of carbonyl (C=O) groups is 2. The maximum absolute atomic E-state index is 13.0. The number of halogens is 1. The fraction of sp³-hybridized carbons (Fsp3) is 0.250. The number of fused-ring (bicyclic) bond motifs is 1. The zero-order valence-electron chi connectivity index (χ0n) is 15.3. The predicted octanol–water partition coefficient (Wildman–Crippen LogP) is 3.07. The molecule has 2 aromatic carbocycles. The van der Waals surface area contributed by atoms with Crippen LogP contribution in [-0.4, -0.2) is 29.2 Å². The van der Waals surface area contributed by atoms with E-state index in [-0.39, 0.29) is 24.1 Å². The van der Waals surface area contributed by atoms with E-state index >= 15 is 0 Å². The number of oxime groups is 1. The van der Waals surface area contributed by atoms with E-state index in [9.17, 15) is 14.0 Å². The molecule has 2 N–H and O–H groups in total. The maximum Gasteiger partial charge on any atom is 0.268 e. The largest absolute Gasteiger partial charge is 0.476 e. The van der Waals surface area contributed by atoms with Gasteiger partial charge in [-0.05, 0) is 49.7 Å². The average Bonchev–Trinajstić information content (AvgIpc) is 3.14. The maximum atomic E-state index is 13.0. The predicted molar refractivity (Wildman–Crippen MR) is 101 cm³/mol. The van der Waals surface area contributed by atoms with Crippen molar-refractivity contribution in [3.63, 3.8) is 0 Å². The van der Waals surface area contributed by atoms with Crippen molar-refractivity contribution in [2.45, 2.75) is 32.0 Å². The number of carbonyl (C=O) groups excluding carboxylic acids is 2. The fourth-order valence-corrected chi connectivity index (χ4v) is 2.94. The van der Waals surface area contributed by atoms with E-state index in [2.05, 4.69) is 15.8 Å². The first-order valence-corrected chi connectivity index (χ1v) is 8.76. The van der Waals surface area contributed by atoms with Crippen molar-refractivity contribution in [2.24, 2.45) is 5.16 Å². The minimum atomic E-state index is -0.955. The smallest absolute Gasteiger partial charge is 0.268 e. The quantitative estimate of drug-likeness (QED) is 0.853. The number of amides is 2. The van der Waals surface area contributed by atoms with Gasteiger partial charge in [0, 0.05) is 12.1 Å². The first-order valence-electron chi connectivity index (χ1n) is 8.76. The van der Waals surface area contributed by atoms with Gasteiger partial charge >= 0.3 is 0 Å². The summed E-state index contributed by atoms with van der Waals surface area (Å²) in [5.41, 5.74) is 1.30. The van der Waals surface area contributed by atoms with Crippen molar-refractivity contribution < 1.29 is 23.6 Å². The van der Waals surface area contributed by atoms with E-state index in [0.29, 0.717) is 28.4 Å². The third-order valence-electron chi connectivity index (χ3n) is 4.55. The van der Waals surface area contributed by atoms with E-state index in [4.69, 9.17) is 9.57 Å². The van der Waals surface area contributed by atoms with Crippen LogP contribution in [0.1, 0.15) is 25.8 Å². The van der Waals surface area contributed by atoms with Gasteiger partial charge in [0.15, 0.2) is 5.60 Å². The molecule has 28 heavy (non-hydrogen) atoms. The van der Waals surface area contributed by atoms with Gasteiger partial charge in [-0.2, -0.15) is 0 Å². The molecule has 144 valence electrons. The number of hydrogen-bond donors (Lipinski definition) is 2. The second kappa shape index (κ2) is 6.63. The number of nitrogens with one attached hydrogen (secondary N) is 2. The second-order valence-electron chi connectivity index (χ2n) is 7.11. The normalized spacial score (nSPS) is 19.6. The van der Waals surface area contributed by atoms with Crippen LogP contribution in [0.15, 0.2) is 47.6 Å².